The van der Waals surface area contributed by atoms with Gasteiger partial charge < -0.3 is 15.8 Å². The van der Waals surface area contributed by atoms with E-state index in [1.807, 2.05) is 6.92 Å². The van der Waals surface area contributed by atoms with Crippen LogP contribution in [-0.2, 0) is 19.6 Å². The smallest absolute Gasteiger partial charge is 0.240 e. The maximum absolute atomic E-state index is 11.9. The molecule has 132 valence electrons. The fraction of sp³-hybridized carbons (Fsp3) is 0.500. The van der Waals surface area contributed by atoms with E-state index in [1.54, 1.807) is 12.1 Å². The van der Waals surface area contributed by atoms with Crippen molar-refractivity contribution in [3.8, 4) is 0 Å². The van der Waals surface area contributed by atoms with Crippen LogP contribution in [0.2, 0.25) is 0 Å². The van der Waals surface area contributed by atoms with E-state index in [0.29, 0.717) is 12.2 Å². The molecule has 1 atom stereocenters. The van der Waals surface area contributed by atoms with Gasteiger partial charge in [-0.1, -0.05) is 6.92 Å². The van der Waals surface area contributed by atoms with E-state index >= 15 is 0 Å². The van der Waals surface area contributed by atoms with E-state index in [4.69, 9.17) is 10.5 Å². The molecule has 4 N–H and O–H groups in total. The summed E-state index contributed by atoms with van der Waals surface area (Å²) < 4.78 is 31.4. The lowest BCUT2D eigenvalue weighted by Gasteiger charge is -2.13. The predicted octanol–water partition coefficient (Wildman–Crippen LogP) is 1.10. The number of nitrogens with one attached hydrogen (secondary N) is 2. The van der Waals surface area contributed by atoms with Crippen LogP contribution >= 0.6 is 12.4 Å². The van der Waals surface area contributed by atoms with Gasteiger partial charge in [-0.25, -0.2) is 13.1 Å². The summed E-state index contributed by atoms with van der Waals surface area (Å²) in [6.07, 6.45) is 0.526. The number of sulfonamides is 1. The van der Waals surface area contributed by atoms with Crippen LogP contribution < -0.4 is 15.8 Å². The highest BCUT2D eigenvalue weighted by molar-refractivity contribution is 7.89. The number of benzene rings is 1. The first kappa shape index (κ1) is 21.8. The summed E-state index contributed by atoms with van der Waals surface area (Å²) in [5.41, 5.74) is 5.97. The molecule has 1 amide bonds. The van der Waals surface area contributed by atoms with Gasteiger partial charge in [-0.2, -0.15) is 0 Å². The quantitative estimate of drug-likeness (QED) is 0.606. The van der Waals surface area contributed by atoms with Gasteiger partial charge in [0.2, 0.25) is 15.9 Å². The average molecular weight is 366 g/mol. The fourth-order valence-corrected chi connectivity index (χ4v) is 2.85. The summed E-state index contributed by atoms with van der Waals surface area (Å²) in [4.78, 5) is 11.9. The van der Waals surface area contributed by atoms with Gasteiger partial charge in [-0.3, -0.25) is 4.79 Å². The van der Waals surface area contributed by atoms with Gasteiger partial charge in [0.15, 0.2) is 0 Å². The Morgan fingerprint density at radius 1 is 1.30 bits per heavy atom. The van der Waals surface area contributed by atoms with Crippen LogP contribution in [0.1, 0.15) is 19.8 Å². The van der Waals surface area contributed by atoms with E-state index in [2.05, 4.69) is 10.0 Å². The molecule has 0 aromatic heterocycles. The van der Waals surface area contributed by atoms with Gasteiger partial charge in [0.1, 0.15) is 0 Å². The summed E-state index contributed by atoms with van der Waals surface area (Å²) in [6.45, 7) is 2.53. The van der Waals surface area contributed by atoms with Gasteiger partial charge in [-0.15, -0.1) is 12.4 Å². The van der Waals surface area contributed by atoms with E-state index in [-0.39, 0.29) is 42.3 Å². The molecule has 0 fully saturated rings. The van der Waals surface area contributed by atoms with Gasteiger partial charge in [-0.05, 0) is 30.7 Å². The Morgan fingerprint density at radius 3 is 2.39 bits per heavy atom. The van der Waals surface area contributed by atoms with Crippen LogP contribution in [0, 0.1) is 0 Å². The molecule has 23 heavy (non-hydrogen) atoms. The van der Waals surface area contributed by atoms with Crippen molar-refractivity contribution in [1.29, 1.82) is 0 Å². The van der Waals surface area contributed by atoms with Gasteiger partial charge in [0, 0.05) is 25.9 Å². The van der Waals surface area contributed by atoms with Crippen LogP contribution in [0.4, 0.5) is 5.69 Å². The third-order valence-corrected chi connectivity index (χ3v) is 4.48. The van der Waals surface area contributed by atoms with Crippen LogP contribution in [0.5, 0.6) is 0 Å². The fourth-order valence-electron chi connectivity index (χ4n) is 1.72. The minimum atomic E-state index is -3.49. The van der Waals surface area contributed by atoms with E-state index in [1.165, 1.54) is 19.2 Å². The minimum absolute atomic E-state index is 0. The Hall–Kier alpha value is -1.19. The van der Waals surface area contributed by atoms with Crippen molar-refractivity contribution in [2.75, 3.05) is 25.5 Å². The number of halogens is 1. The number of ether oxygens (including phenoxy) is 1. The van der Waals surface area contributed by atoms with Crippen molar-refractivity contribution in [1.82, 2.24) is 4.72 Å². The lowest BCUT2D eigenvalue weighted by atomic mass is 10.2. The number of amides is 1. The highest BCUT2D eigenvalue weighted by atomic mass is 35.5. The largest absolute Gasteiger partial charge is 0.380 e. The van der Waals surface area contributed by atoms with E-state index < -0.39 is 10.0 Å². The average Bonchev–Trinajstić information content (AvgIpc) is 2.51. The number of methoxy groups -OCH3 is 1. The van der Waals surface area contributed by atoms with Gasteiger partial charge in [0.25, 0.3) is 0 Å². The van der Waals surface area contributed by atoms with Crippen LogP contribution in [0.25, 0.3) is 0 Å². The van der Waals surface area contributed by atoms with Crippen molar-refractivity contribution in [2.45, 2.75) is 30.8 Å². The molecule has 1 aromatic rings. The third-order valence-electron chi connectivity index (χ3n) is 3.00. The molecule has 1 aromatic carbocycles. The SMILES string of the molecule is CCCNS(=O)(=O)c1ccc(NC(=O)CC(CN)OC)cc1.Cl. The van der Waals surface area contributed by atoms with Crippen LogP contribution in [0.15, 0.2) is 29.2 Å². The summed E-state index contributed by atoms with van der Waals surface area (Å²) in [6, 6.07) is 5.99. The van der Waals surface area contributed by atoms with Gasteiger partial charge in [0.05, 0.1) is 17.4 Å². The molecule has 0 saturated carbocycles. The molecule has 0 heterocycles. The molecule has 0 aliphatic rings. The lowest BCUT2D eigenvalue weighted by Crippen LogP contribution is -2.28. The zero-order valence-corrected chi connectivity index (χ0v) is 14.9. The Bertz CT molecular complexity index is 574. The molecule has 0 spiro atoms. The normalized spacial score (nSPS) is 12.3. The van der Waals surface area contributed by atoms with E-state index in [9.17, 15) is 13.2 Å². The molecule has 9 heteroatoms. The first-order valence-electron chi connectivity index (χ1n) is 7.05. The summed E-state index contributed by atoms with van der Waals surface area (Å²) in [7, 11) is -2.00. The summed E-state index contributed by atoms with van der Waals surface area (Å²) >= 11 is 0. The highest BCUT2D eigenvalue weighted by Gasteiger charge is 2.14. The third kappa shape index (κ3) is 7.28. The molecule has 1 rings (SSSR count). The number of rotatable bonds is 9. The van der Waals surface area contributed by atoms with Crippen molar-refractivity contribution < 1.29 is 17.9 Å². The number of hydrogen-bond donors (Lipinski definition) is 3. The topological polar surface area (TPSA) is 111 Å². The second-order valence-corrected chi connectivity index (χ2v) is 6.53. The number of hydrogen-bond acceptors (Lipinski definition) is 5. The molecule has 0 aliphatic heterocycles. The molecule has 0 bridgehead atoms. The van der Waals surface area contributed by atoms with Crippen molar-refractivity contribution in [2.24, 2.45) is 5.73 Å². The molecule has 7 nitrogen and oxygen atoms in total. The number of nitrogens with two attached hydrogens (primary N) is 1. The predicted molar refractivity (Wildman–Crippen MR) is 92.3 cm³/mol. The number of carbonyl (C=O) groups excluding carboxylic acids is 1. The first-order valence-corrected chi connectivity index (χ1v) is 8.53. The van der Waals surface area contributed by atoms with Crippen LogP contribution in [-0.4, -0.2) is 40.6 Å². The van der Waals surface area contributed by atoms with Crippen LogP contribution in [0.3, 0.4) is 0 Å². The molecule has 0 saturated heterocycles. The standard InChI is InChI=1S/C14H23N3O4S.ClH/c1-3-8-16-22(19,20)13-6-4-11(5-7-13)17-14(18)9-12(10-15)21-2;/h4-7,12,16H,3,8-10,15H2,1-2H3,(H,17,18);1H. The lowest BCUT2D eigenvalue weighted by molar-refractivity contribution is -0.118. The molecule has 0 radical (unpaired) electrons. The number of carbonyl (C=O) groups is 1. The van der Waals surface area contributed by atoms with E-state index in [0.717, 1.165) is 6.42 Å². The second-order valence-electron chi connectivity index (χ2n) is 4.77. The Balaban J connectivity index is 0.00000484. The molecule has 0 aliphatic carbocycles. The summed E-state index contributed by atoms with van der Waals surface area (Å²) in [5.74, 6) is -0.239. The zero-order valence-electron chi connectivity index (χ0n) is 13.2. The summed E-state index contributed by atoms with van der Waals surface area (Å²) in [5, 5.41) is 2.67. The minimum Gasteiger partial charge on any atom is -0.380 e. The first-order chi connectivity index (χ1) is 10.4. The second kappa shape index (κ2) is 10.6. The number of anilines is 1. The zero-order chi connectivity index (χ0) is 16.6. The van der Waals surface area contributed by atoms with Gasteiger partial charge >= 0.3 is 0 Å². The van der Waals surface area contributed by atoms with Crippen molar-refractivity contribution in [3.05, 3.63) is 24.3 Å². The Morgan fingerprint density at radius 2 is 1.91 bits per heavy atom. The Labute approximate surface area is 143 Å². The van der Waals surface area contributed by atoms with Crippen molar-refractivity contribution in [3.63, 3.8) is 0 Å². The molecular formula is C14H24ClN3O4S. The maximum Gasteiger partial charge on any atom is 0.240 e. The maximum atomic E-state index is 11.9. The molecule has 1 unspecified atom stereocenters. The van der Waals surface area contributed by atoms with Crippen molar-refractivity contribution >= 4 is 34.0 Å². The molecular weight excluding hydrogens is 342 g/mol. The Kier molecular flexibility index (Phi) is 10.0. The monoisotopic (exact) mass is 365 g/mol. The highest BCUT2D eigenvalue weighted by Crippen LogP contribution is 2.14.